The number of hydrogen-bond donors (Lipinski definition) is 0. The van der Waals surface area contributed by atoms with E-state index in [1.807, 2.05) is 17.2 Å². The van der Waals surface area contributed by atoms with Crippen LogP contribution in [-0.4, -0.2) is 37.1 Å². The van der Waals surface area contributed by atoms with Crippen molar-refractivity contribution >= 4 is 49.7 Å². The number of carbonyl (C=O) groups is 1. The summed E-state index contributed by atoms with van der Waals surface area (Å²) in [6.07, 6.45) is 0. The highest BCUT2D eigenvalue weighted by molar-refractivity contribution is 7.27. The van der Waals surface area contributed by atoms with E-state index in [1.165, 1.54) is 0 Å². The lowest BCUT2D eigenvalue weighted by atomic mass is 10.1. The second kappa shape index (κ2) is 6.40. The van der Waals surface area contributed by atoms with Crippen LogP contribution in [0.3, 0.4) is 0 Å². The lowest BCUT2D eigenvalue weighted by Crippen LogP contribution is -2.41. The van der Waals surface area contributed by atoms with Crippen LogP contribution in [0.25, 0.3) is 20.4 Å². The fourth-order valence-corrected chi connectivity index (χ4v) is 5.40. The lowest BCUT2D eigenvalue weighted by molar-refractivity contribution is 0.0638. The van der Waals surface area contributed by atoms with Gasteiger partial charge in [0.1, 0.15) is 4.83 Å². The summed E-state index contributed by atoms with van der Waals surface area (Å²) >= 11 is 9.18. The molecule has 27 heavy (non-hydrogen) atoms. The SMILES string of the molecule is C[C@@H]1c2nnc(-c3nc4sccc4s3)n2CCN1C(=O)c1ccc(Cl)cc1. The minimum Gasteiger partial charge on any atom is -0.327 e. The van der Waals surface area contributed by atoms with E-state index in [1.54, 1.807) is 46.9 Å². The Labute approximate surface area is 168 Å². The summed E-state index contributed by atoms with van der Waals surface area (Å²) in [6, 6.07) is 8.89. The van der Waals surface area contributed by atoms with Crippen LogP contribution < -0.4 is 0 Å². The molecule has 0 saturated heterocycles. The van der Waals surface area contributed by atoms with Gasteiger partial charge in [-0.05, 0) is 42.6 Å². The molecule has 0 unspecified atom stereocenters. The molecule has 0 N–H and O–H groups in total. The van der Waals surface area contributed by atoms with Crippen molar-refractivity contribution in [2.24, 2.45) is 0 Å². The molecule has 0 aliphatic carbocycles. The van der Waals surface area contributed by atoms with E-state index < -0.39 is 0 Å². The normalized spacial score (nSPS) is 16.7. The molecule has 0 spiro atoms. The van der Waals surface area contributed by atoms with E-state index >= 15 is 0 Å². The molecule has 3 aromatic heterocycles. The summed E-state index contributed by atoms with van der Waals surface area (Å²) in [4.78, 5) is 20.4. The first-order chi connectivity index (χ1) is 13.1. The maximum Gasteiger partial charge on any atom is 0.254 e. The third-order valence-electron chi connectivity index (χ3n) is 4.75. The Balaban J connectivity index is 1.47. The quantitative estimate of drug-likeness (QED) is 0.484. The molecular formula is C18H14ClN5OS2. The van der Waals surface area contributed by atoms with Crippen LogP contribution in [0.4, 0.5) is 0 Å². The molecule has 5 rings (SSSR count). The summed E-state index contributed by atoms with van der Waals surface area (Å²) in [5.74, 6) is 1.55. The van der Waals surface area contributed by atoms with E-state index in [-0.39, 0.29) is 11.9 Å². The molecule has 1 amide bonds. The number of hydrogen-bond acceptors (Lipinski definition) is 6. The van der Waals surface area contributed by atoms with Crippen LogP contribution in [0.5, 0.6) is 0 Å². The summed E-state index contributed by atoms with van der Waals surface area (Å²) in [7, 11) is 0. The van der Waals surface area contributed by atoms with Crippen molar-refractivity contribution in [1.29, 1.82) is 0 Å². The third kappa shape index (κ3) is 2.75. The summed E-state index contributed by atoms with van der Waals surface area (Å²) < 4.78 is 3.24. The zero-order chi connectivity index (χ0) is 18.5. The molecule has 4 aromatic rings. The number of halogens is 1. The highest BCUT2D eigenvalue weighted by atomic mass is 35.5. The van der Waals surface area contributed by atoms with Crippen LogP contribution in [0.15, 0.2) is 35.7 Å². The number of fused-ring (bicyclic) bond motifs is 2. The molecule has 6 nitrogen and oxygen atoms in total. The smallest absolute Gasteiger partial charge is 0.254 e. The monoisotopic (exact) mass is 415 g/mol. The largest absolute Gasteiger partial charge is 0.327 e. The molecule has 1 aliphatic rings. The van der Waals surface area contributed by atoms with Gasteiger partial charge in [0.25, 0.3) is 5.91 Å². The van der Waals surface area contributed by atoms with Gasteiger partial charge in [0, 0.05) is 23.7 Å². The second-order valence-corrected chi connectivity index (χ2v) is 8.69. The molecule has 1 atom stereocenters. The fraction of sp³-hybridized carbons (Fsp3) is 0.222. The predicted molar refractivity (Wildman–Crippen MR) is 107 cm³/mol. The summed E-state index contributed by atoms with van der Waals surface area (Å²) in [5, 5.41) is 12.3. The molecule has 0 bridgehead atoms. The van der Waals surface area contributed by atoms with Gasteiger partial charge in [0.15, 0.2) is 16.7 Å². The standard InChI is InChI=1S/C18H14ClN5OS2/c1-10-14-21-22-15(17-20-16-13(27-17)6-9-26-16)24(14)8-7-23(10)18(25)11-2-4-12(19)5-3-11/h2-6,9-10H,7-8H2,1H3/t10-/m1/s1. The predicted octanol–water partition coefficient (Wildman–Crippen LogP) is 4.49. The van der Waals surface area contributed by atoms with Crippen LogP contribution >= 0.6 is 34.3 Å². The zero-order valence-corrected chi connectivity index (χ0v) is 16.7. The van der Waals surface area contributed by atoms with Crippen molar-refractivity contribution in [3.63, 3.8) is 0 Å². The number of aromatic nitrogens is 4. The van der Waals surface area contributed by atoms with E-state index in [0.717, 1.165) is 26.2 Å². The first-order valence-corrected chi connectivity index (χ1v) is 10.5. The minimum atomic E-state index is -0.163. The van der Waals surface area contributed by atoms with Gasteiger partial charge in [0.2, 0.25) is 0 Å². The Hall–Kier alpha value is -2.29. The maximum absolute atomic E-state index is 12.9. The first kappa shape index (κ1) is 16.9. The van der Waals surface area contributed by atoms with Crippen molar-refractivity contribution < 1.29 is 4.79 Å². The zero-order valence-electron chi connectivity index (χ0n) is 14.3. The number of amides is 1. The summed E-state index contributed by atoms with van der Waals surface area (Å²) in [5.41, 5.74) is 0.625. The molecule has 4 heterocycles. The Morgan fingerprint density at radius 3 is 2.78 bits per heavy atom. The molecule has 9 heteroatoms. The van der Waals surface area contributed by atoms with Crippen molar-refractivity contribution in [3.8, 4) is 10.8 Å². The van der Waals surface area contributed by atoms with E-state index in [2.05, 4.69) is 25.8 Å². The molecule has 136 valence electrons. The number of carbonyl (C=O) groups excluding carboxylic acids is 1. The number of thiophene rings is 1. The second-order valence-electron chi connectivity index (χ2n) is 6.32. The van der Waals surface area contributed by atoms with E-state index in [4.69, 9.17) is 11.6 Å². The van der Waals surface area contributed by atoms with Gasteiger partial charge in [-0.3, -0.25) is 4.79 Å². The highest BCUT2D eigenvalue weighted by Gasteiger charge is 2.32. The van der Waals surface area contributed by atoms with Crippen LogP contribution in [0.1, 0.15) is 29.1 Å². The lowest BCUT2D eigenvalue weighted by Gasteiger charge is -2.33. The van der Waals surface area contributed by atoms with Gasteiger partial charge >= 0.3 is 0 Å². The Kier molecular flexibility index (Phi) is 3.99. The van der Waals surface area contributed by atoms with Gasteiger partial charge in [-0.25, -0.2) is 4.98 Å². The Morgan fingerprint density at radius 1 is 1.19 bits per heavy atom. The fourth-order valence-electron chi connectivity index (χ4n) is 3.34. The number of nitrogens with zero attached hydrogens (tertiary/aromatic N) is 5. The number of thiazole rings is 1. The average Bonchev–Trinajstić information content (AvgIpc) is 3.36. The van der Waals surface area contributed by atoms with Crippen molar-refractivity contribution in [3.05, 3.63) is 52.1 Å². The molecule has 0 radical (unpaired) electrons. The molecule has 1 aromatic carbocycles. The van der Waals surface area contributed by atoms with Crippen molar-refractivity contribution in [2.75, 3.05) is 6.54 Å². The number of benzene rings is 1. The average molecular weight is 416 g/mol. The molecule has 0 fully saturated rings. The van der Waals surface area contributed by atoms with Crippen molar-refractivity contribution in [2.45, 2.75) is 19.5 Å². The van der Waals surface area contributed by atoms with Gasteiger partial charge in [0.05, 0.1) is 10.7 Å². The van der Waals surface area contributed by atoms with Crippen LogP contribution in [-0.2, 0) is 6.54 Å². The molecular weight excluding hydrogens is 402 g/mol. The molecule has 0 saturated carbocycles. The third-order valence-corrected chi connectivity index (χ3v) is 6.95. The van der Waals surface area contributed by atoms with Gasteiger partial charge in [-0.15, -0.1) is 32.9 Å². The Bertz CT molecular complexity index is 1120. The number of rotatable bonds is 2. The maximum atomic E-state index is 12.9. The van der Waals surface area contributed by atoms with Gasteiger partial charge in [-0.2, -0.15) is 0 Å². The van der Waals surface area contributed by atoms with E-state index in [0.29, 0.717) is 23.7 Å². The highest BCUT2D eigenvalue weighted by Crippen LogP contribution is 2.35. The first-order valence-electron chi connectivity index (χ1n) is 8.46. The van der Waals surface area contributed by atoms with Crippen LogP contribution in [0.2, 0.25) is 5.02 Å². The summed E-state index contributed by atoms with van der Waals surface area (Å²) in [6.45, 7) is 3.23. The van der Waals surface area contributed by atoms with Gasteiger partial charge < -0.3 is 9.47 Å². The van der Waals surface area contributed by atoms with Crippen LogP contribution in [0, 0.1) is 0 Å². The van der Waals surface area contributed by atoms with E-state index in [9.17, 15) is 4.79 Å². The Morgan fingerprint density at radius 2 is 2.00 bits per heavy atom. The van der Waals surface area contributed by atoms with Crippen molar-refractivity contribution in [1.82, 2.24) is 24.6 Å². The molecule has 1 aliphatic heterocycles. The minimum absolute atomic E-state index is 0.0234. The van der Waals surface area contributed by atoms with Gasteiger partial charge in [-0.1, -0.05) is 11.6 Å². The topological polar surface area (TPSA) is 63.9 Å².